The smallest absolute Gasteiger partial charge is 0.329 e. The van der Waals surface area contributed by atoms with Crippen LogP contribution in [0.1, 0.15) is 42.1 Å². The zero-order valence-electron chi connectivity index (χ0n) is 12.2. The van der Waals surface area contributed by atoms with Gasteiger partial charge in [0.2, 0.25) is 0 Å². The monoisotopic (exact) mass is 288 g/mol. The fraction of sp³-hybridized carbons (Fsp3) is 0.500. The Labute approximate surface area is 123 Å². The number of hydrogen-bond donors (Lipinski definition) is 2. The molecule has 5 heteroatoms. The summed E-state index contributed by atoms with van der Waals surface area (Å²) in [6.07, 6.45) is 3.13. The maximum absolute atomic E-state index is 12.8. The number of likely N-dealkylation sites (tertiary alicyclic amines) is 1. The van der Waals surface area contributed by atoms with Gasteiger partial charge in [0.1, 0.15) is 5.54 Å². The molecule has 112 valence electrons. The van der Waals surface area contributed by atoms with Crippen molar-refractivity contribution in [2.45, 2.75) is 38.1 Å². The van der Waals surface area contributed by atoms with Crippen LogP contribution in [0, 0.1) is 0 Å². The number of anilines is 1. The van der Waals surface area contributed by atoms with E-state index in [2.05, 4.69) is 5.32 Å². The molecular formula is C16H20N2O3. The van der Waals surface area contributed by atoms with Gasteiger partial charge in [0.05, 0.1) is 0 Å². The van der Waals surface area contributed by atoms with Gasteiger partial charge < -0.3 is 15.3 Å². The van der Waals surface area contributed by atoms with E-state index in [9.17, 15) is 14.7 Å². The van der Waals surface area contributed by atoms with Crippen LogP contribution < -0.4 is 5.32 Å². The van der Waals surface area contributed by atoms with E-state index in [1.54, 1.807) is 13.0 Å². The number of hydrogen-bond acceptors (Lipinski definition) is 3. The summed E-state index contributed by atoms with van der Waals surface area (Å²) >= 11 is 0. The first-order valence-electron chi connectivity index (χ1n) is 7.44. The maximum Gasteiger partial charge on any atom is 0.329 e. The Morgan fingerprint density at radius 3 is 2.90 bits per heavy atom. The minimum atomic E-state index is -1.09. The molecule has 1 fully saturated rings. The van der Waals surface area contributed by atoms with E-state index in [0.29, 0.717) is 18.5 Å². The van der Waals surface area contributed by atoms with Crippen LogP contribution in [0.15, 0.2) is 18.2 Å². The Bertz CT molecular complexity index is 599. The number of carboxylic acid groups (broad SMARTS) is 1. The van der Waals surface area contributed by atoms with Gasteiger partial charge in [-0.15, -0.1) is 0 Å². The topological polar surface area (TPSA) is 69.6 Å². The van der Waals surface area contributed by atoms with Crippen LogP contribution in [0.25, 0.3) is 0 Å². The fourth-order valence-electron chi connectivity index (χ4n) is 3.26. The molecule has 1 atom stereocenters. The average molecular weight is 288 g/mol. The van der Waals surface area contributed by atoms with Crippen LogP contribution in [0.5, 0.6) is 0 Å². The van der Waals surface area contributed by atoms with Gasteiger partial charge in [-0.3, -0.25) is 4.79 Å². The largest absolute Gasteiger partial charge is 0.480 e. The second kappa shape index (κ2) is 5.06. The maximum atomic E-state index is 12.8. The van der Waals surface area contributed by atoms with Gasteiger partial charge in [-0.2, -0.15) is 0 Å². The normalized spacial score (nSPS) is 24.3. The van der Waals surface area contributed by atoms with Crippen LogP contribution in [0.4, 0.5) is 5.69 Å². The van der Waals surface area contributed by atoms with E-state index in [0.717, 1.165) is 37.1 Å². The van der Waals surface area contributed by atoms with Crippen LogP contribution >= 0.6 is 0 Å². The summed E-state index contributed by atoms with van der Waals surface area (Å²) in [5.41, 5.74) is 1.71. The van der Waals surface area contributed by atoms with Gasteiger partial charge in [0.15, 0.2) is 0 Å². The average Bonchev–Trinajstić information content (AvgIpc) is 2.94. The van der Waals surface area contributed by atoms with Crippen molar-refractivity contribution in [3.05, 3.63) is 29.3 Å². The number of nitrogens with one attached hydrogen (secondary N) is 1. The third-order valence-electron chi connectivity index (χ3n) is 4.66. The van der Waals surface area contributed by atoms with E-state index in [-0.39, 0.29) is 5.91 Å². The SMILES string of the molecule is CC1(C(=O)O)CCCCN1C(=O)c1ccc2c(c1)CCN2. The van der Waals surface area contributed by atoms with Crippen molar-refractivity contribution in [2.75, 3.05) is 18.4 Å². The summed E-state index contributed by atoms with van der Waals surface area (Å²) in [5.74, 6) is -1.09. The lowest BCUT2D eigenvalue weighted by atomic mass is 9.87. The Morgan fingerprint density at radius 1 is 1.33 bits per heavy atom. The van der Waals surface area contributed by atoms with Crippen molar-refractivity contribution < 1.29 is 14.7 Å². The van der Waals surface area contributed by atoms with Crippen LogP contribution in [0.3, 0.4) is 0 Å². The molecule has 0 aliphatic carbocycles. The highest BCUT2D eigenvalue weighted by atomic mass is 16.4. The number of carbonyl (C=O) groups is 2. The van der Waals surface area contributed by atoms with Crippen molar-refractivity contribution >= 4 is 17.6 Å². The standard InChI is InChI=1S/C16H20N2O3/c1-16(15(20)21)7-2-3-9-18(16)14(19)12-4-5-13-11(10-12)6-8-17-13/h4-5,10,17H,2-3,6-9H2,1H3,(H,20,21). The molecule has 0 aromatic heterocycles. The minimum absolute atomic E-state index is 0.172. The number of carboxylic acids is 1. The first-order chi connectivity index (χ1) is 10.0. The molecule has 2 N–H and O–H groups in total. The molecule has 1 amide bonds. The molecule has 2 heterocycles. The summed E-state index contributed by atoms with van der Waals surface area (Å²) in [6.45, 7) is 3.06. The van der Waals surface area contributed by atoms with Gasteiger partial charge in [-0.05, 0) is 56.4 Å². The zero-order valence-corrected chi connectivity index (χ0v) is 12.2. The zero-order chi connectivity index (χ0) is 15.0. The van der Waals surface area contributed by atoms with Gasteiger partial charge in [0, 0.05) is 24.3 Å². The molecular weight excluding hydrogens is 268 g/mol. The molecule has 3 rings (SSSR count). The lowest BCUT2D eigenvalue weighted by molar-refractivity contribution is -0.150. The van der Waals surface area contributed by atoms with Gasteiger partial charge in [-0.25, -0.2) is 4.79 Å². The number of rotatable bonds is 2. The van der Waals surface area contributed by atoms with Crippen molar-refractivity contribution in [3.63, 3.8) is 0 Å². The molecule has 2 aliphatic heterocycles. The summed E-state index contributed by atoms with van der Waals surface area (Å²) < 4.78 is 0. The van der Waals surface area contributed by atoms with Gasteiger partial charge in [-0.1, -0.05) is 0 Å². The molecule has 0 bridgehead atoms. The Morgan fingerprint density at radius 2 is 2.14 bits per heavy atom. The number of amides is 1. The van der Waals surface area contributed by atoms with E-state index in [4.69, 9.17) is 0 Å². The van der Waals surface area contributed by atoms with Crippen molar-refractivity contribution in [3.8, 4) is 0 Å². The quantitative estimate of drug-likeness (QED) is 0.874. The third kappa shape index (κ3) is 2.26. The number of aliphatic carboxylic acids is 1. The van der Waals surface area contributed by atoms with E-state index in [1.165, 1.54) is 4.90 Å². The molecule has 2 aliphatic rings. The van der Waals surface area contributed by atoms with Crippen molar-refractivity contribution in [1.82, 2.24) is 4.90 Å². The third-order valence-corrected chi connectivity index (χ3v) is 4.66. The lowest BCUT2D eigenvalue weighted by Crippen LogP contribution is -2.57. The van der Waals surface area contributed by atoms with Crippen LogP contribution in [-0.4, -0.2) is 40.5 Å². The molecule has 0 saturated carbocycles. The molecule has 0 radical (unpaired) electrons. The highest BCUT2D eigenvalue weighted by Crippen LogP contribution is 2.31. The van der Waals surface area contributed by atoms with E-state index < -0.39 is 11.5 Å². The summed E-state index contributed by atoms with van der Waals surface area (Å²) in [5, 5.41) is 12.8. The first kappa shape index (κ1) is 13.9. The Balaban J connectivity index is 1.91. The second-order valence-electron chi connectivity index (χ2n) is 6.04. The molecule has 1 unspecified atom stereocenters. The predicted molar refractivity (Wildman–Crippen MR) is 79.6 cm³/mol. The summed E-state index contributed by atoms with van der Waals surface area (Å²) in [4.78, 5) is 25.9. The number of carbonyl (C=O) groups excluding carboxylic acids is 1. The van der Waals surface area contributed by atoms with E-state index >= 15 is 0 Å². The van der Waals surface area contributed by atoms with Crippen LogP contribution in [0.2, 0.25) is 0 Å². The Kier molecular flexibility index (Phi) is 3.35. The molecule has 0 spiro atoms. The molecule has 1 aromatic carbocycles. The molecule has 21 heavy (non-hydrogen) atoms. The lowest BCUT2D eigenvalue weighted by Gasteiger charge is -2.41. The Hall–Kier alpha value is -2.04. The molecule has 5 nitrogen and oxygen atoms in total. The van der Waals surface area contributed by atoms with Crippen molar-refractivity contribution in [2.24, 2.45) is 0 Å². The fourth-order valence-corrected chi connectivity index (χ4v) is 3.26. The number of benzene rings is 1. The summed E-state index contributed by atoms with van der Waals surface area (Å²) in [7, 11) is 0. The van der Waals surface area contributed by atoms with Crippen molar-refractivity contribution in [1.29, 1.82) is 0 Å². The number of fused-ring (bicyclic) bond motifs is 1. The minimum Gasteiger partial charge on any atom is -0.480 e. The van der Waals surface area contributed by atoms with Crippen LogP contribution in [-0.2, 0) is 11.2 Å². The highest BCUT2D eigenvalue weighted by molar-refractivity contribution is 5.98. The van der Waals surface area contributed by atoms with E-state index in [1.807, 2.05) is 12.1 Å². The number of nitrogens with zero attached hydrogens (tertiary/aromatic N) is 1. The highest BCUT2D eigenvalue weighted by Gasteiger charge is 2.44. The molecule has 1 aromatic rings. The van der Waals surface area contributed by atoms with Gasteiger partial charge in [0.25, 0.3) is 5.91 Å². The second-order valence-corrected chi connectivity index (χ2v) is 6.04. The summed E-state index contributed by atoms with van der Waals surface area (Å²) in [6, 6.07) is 5.60. The first-order valence-corrected chi connectivity index (χ1v) is 7.44. The number of piperidine rings is 1. The molecule has 1 saturated heterocycles. The predicted octanol–water partition coefficient (Wildman–Crippen LogP) is 2.12. The van der Waals surface area contributed by atoms with Gasteiger partial charge >= 0.3 is 5.97 Å².